The zero-order chi connectivity index (χ0) is 13.4. The van der Waals surface area contributed by atoms with Crippen LogP contribution in [0.3, 0.4) is 0 Å². The molecule has 0 saturated carbocycles. The molecule has 0 atom stereocenters. The Balaban J connectivity index is 2.14. The molecule has 4 nitrogen and oxygen atoms in total. The van der Waals surface area contributed by atoms with Gasteiger partial charge in [0.15, 0.2) is 9.82 Å². The van der Waals surface area contributed by atoms with Crippen LogP contribution < -0.4 is 4.67 Å². The molecular weight excluding hydrogens is 320 g/mol. The van der Waals surface area contributed by atoms with E-state index in [2.05, 4.69) is 27.4 Å². The SMILES string of the molecule is CN1CCc2c(sc(/N=c3\ssnc3Cl)c2C#N)C1. The molecule has 0 fully saturated rings. The molecule has 3 heterocycles. The third kappa shape index (κ3) is 2.47. The molecule has 2 aromatic rings. The van der Waals surface area contributed by atoms with Gasteiger partial charge in [-0.3, -0.25) is 0 Å². The van der Waals surface area contributed by atoms with E-state index in [4.69, 9.17) is 11.6 Å². The van der Waals surface area contributed by atoms with Crippen LogP contribution in [0.4, 0.5) is 5.00 Å². The summed E-state index contributed by atoms with van der Waals surface area (Å²) in [5.41, 5.74) is 1.87. The molecule has 1 aliphatic heterocycles. The van der Waals surface area contributed by atoms with Gasteiger partial charge in [0.2, 0.25) is 0 Å². The fourth-order valence-electron chi connectivity index (χ4n) is 2.03. The third-order valence-corrected chi connectivity index (χ3v) is 6.24. The Morgan fingerprint density at radius 3 is 3.05 bits per heavy atom. The van der Waals surface area contributed by atoms with Gasteiger partial charge in [-0.05, 0) is 29.4 Å². The fraction of sp³-hybridized carbons (Fsp3) is 0.364. The number of fused-ring (bicyclic) bond motifs is 1. The van der Waals surface area contributed by atoms with E-state index < -0.39 is 0 Å². The summed E-state index contributed by atoms with van der Waals surface area (Å²) in [7, 11) is 4.83. The highest BCUT2D eigenvalue weighted by molar-refractivity contribution is 7.66. The molecule has 0 radical (unpaired) electrons. The fourth-order valence-corrected chi connectivity index (χ4v) is 5.32. The lowest BCUT2D eigenvalue weighted by Crippen LogP contribution is -2.25. The molecule has 0 unspecified atom stereocenters. The summed E-state index contributed by atoms with van der Waals surface area (Å²) in [6.07, 6.45) is 0.916. The molecule has 98 valence electrons. The second-order valence-electron chi connectivity index (χ2n) is 4.24. The quantitative estimate of drug-likeness (QED) is 0.756. The maximum atomic E-state index is 9.37. The van der Waals surface area contributed by atoms with Crippen molar-refractivity contribution in [3.8, 4) is 6.07 Å². The van der Waals surface area contributed by atoms with E-state index in [0.29, 0.717) is 15.4 Å². The van der Waals surface area contributed by atoms with E-state index >= 15 is 0 Å². The average molecular weight is 329 g/mol. The summed E-state index contributed by atoms with van der Waals surface area (Å²) in [4.78, 5) is 8.01. The van der Waals surface area contributed by atoms with Crippen molar-refractivity contribution in [3.05, 3.63) is 25.8 Å². The molecule has 2 aromatic heterocycles. The normalized spacial score (nSPS) is 16.4. The predicted octanol–water partition coefficient (Wildman–Crippen LogP) is 3.01. The number of nitrogens with zero attached hydrogens (tertiary/aromatic N) is 4. The molecule has 0 aromatic carbocycles. The van der Waals surface area contributed by atoms with Gasteiger partial charge in [-0.1, -0.05) is 11.6 Å². The van der Waals surface area contributed by atoms with Gasteiger partial charge >= 0.3 is 0 Å². The van der Waals surface area contributed by atoms with Crippen LogP contribution in [-0.4, -0.2) is 22.9 Å². The number of aromatic nitrogens is 1. The van der Waals surface area contributed by atoms with Crippen LogP contribution in [0.1, 0.15) is 16.0 Å². The monoisotopic (exact) mass is 328 g/mol. The molecule has 0 saturated heterocycles. The Morgan fingerprint density at radius 1 is 1.53 bits per heavy atom. The largest absolute Gasteiger partial charge is 0.301 e. The number of hydrogen-bond donors (Lipinski definition) is 0. The maximum Gasteiger partial charge on any atom is 0.179 e. The minimum Gasteiger partial charge on any atom is -0.301 e. The van der Waals surface area contributed by atoms with E-state index in [0.717, 1.165) is 30.1 Å². The minimum atomic E-state index is 0.419. The molecule has 8 heteroatoms. The van der Waals surface area contributed by atoms with Crippen molar-refractivity contribution in [3.63, 3.8) is 0 Å². The number of rotatable bonds is 1. The number of nitriles is 1. The van der Waals surface area contributed by atoms with Gasteiger partial charge in [0.1, 0.15) is 11.1 Å². The first kappa shape index (κ1) is 13.2. The van der Waals surface area contributed by atoms with Crippen molar-refractivity contribution in [1.29, 1.82) is 5.26 Å². The number of thiophene rings is 1. The van der Waals surface area contributed by atoms with Crippen LogP contribution in [0.5, 0.6) is 0 Å². The third-order valence-electron chi connectivity index (χ3n) is 2.95. The Morgan fingerprint density at radius 2 is 2.37 bits per heavy atom. The lowest BCUT2D eigenvalue weighted by Gasteiger charge is -2.21. The highest BCUT2D eigenvalue weighted by Gasteiger charge is 2.22. The highest BCUT2D eigenvalue weighted by Crippen LogP contribution is 2.38. The van der Waals surface area contributed by atoms with E-state index in [1.165, 1.54) is 25.8 Å². The van der Waals surface area contributed by atoms with Gasteiger partial charge in [-0.2, -0.15) is 9.64 Å². The van der Waals surface area contributed by atoms with Crippen LogP contribution in [0, 0.1) is 11.3 Å². The van der Waals surface area contributed by atoms with Gasteiger partial charge < -0.3 is 4.90 Å². The van der Waals surface area contributed by atoms with Crippen molar-refractivity contribution in [1.82, 2.24) is 9.27 Å². The van der Waals surface area contributed by atoms with Crippen molar-refractivity contribution in [2.75, 3.05) is 13.6 Å². The Kier molecular flexibility index (Phi) is 3.69. The number of hydrogen-bond acceptors (Lipinski definition) is 7. The van der Waals surface area contributed by atoms with E-state index in [-0.39, 0.29) is 0 Å². The van der Waals surface area contributed by atoms with Crippen molar-refractivity contribution < 1.29 is 0 Å². The maximum absolute atomic E-state index is 9.37. The summed E-state index contributed by atoms with van der Waals surface area (Å²) >= 11 is 7.56. The van der Waals surface area contributed by atoms with Gasteiger partial charge in [-0.15, -0.1) is 11.3 Å². The zero-order valence-corrected chi connectivity index (χ0v) is 13.2. The Bertz CT molecular complexity index is 721. The number of halogens is 1. The Labute approximate surface area is 126 Å². The molecular formula is C11H9ClN4S3. The topological polar surface area (TPSA) is 52.3 Å². The Hall–Kier alpha value is -0.780. The summed E-state index contributed by atoms with van der Waals surface area (Å²) in [5.74, 6) is 0. The first-order chi connectivity index (χ1) is 9.19. The summed E-state index contributed by atoms with van der Waals surface area (Å²) < 4.78 is 4.70. The van der Waals surface area contributed by atoms with Crippen molar-refractivity contribution in [2.24, 2.45) is 4.99 Å². The number of likely N-dealkylation sites (N-methyl/N-ethyl adjacent to an activating group) is 1. The molecule has 0 spiro atoms. The van der Waals surface area contributed by atoms with Crippen molar-refractivity contribution in [2.45, 2.75) is 13.0 Å². The molecule has 19 heavy (non-hydrogen) atoms. The van der Waals surface area contributed by atoms with Crippen LogP contribution in [0.25, 0.3) is 0 Å². The van der Waals surface area contributed by atoms with Gasteiger partial charge in [0.25, 0.3) is 0 Å². The summed E-state index contributed by atoms with van der Waals surface area (Å²) in [6.45, 7) is 1.88. The molecule has 0 aliphatic carbocycles. The average Bonchev–Trinajstić information content (AvgIpc) is 2.93. The first-order valence-electron chi connectivity index (χ1n) is 5.58. The van der Waals surface area contributed by atoms with Crippen LogP contribution in [-0.2, 0) is 13.0 Å². The second-order valence-corrected chi connectivity index (χ2v) is 7.51. The van der Waals surface area contributed by atoms with Crippen LogP contribution in [0.2, 0.25) is 5.15 Å². The molecule has 0 amide bonds. The first-order valence-corrected chi connectivity index (χ1v) is 8.88. The lowest BCUT2D eigenvalue weighted by molar-refractivity contribution is 0.317. The summed E-state index contributed by atoms with van der Waals surface area (Å²) in [6, 6.07) is 2.29. The molecule has 0 bridgehead atoms. The van der Waals surface area contributed by atoms with Gasteiger partial charge in [0.05, 0.1) is 5.56 Å². The van der Waals surface area contributed by atoms with E-state index in [1.807, 2.05) is 0 Å². The summed E-state index contributed by atoms with van der Waals surface area (Å²) in [5, 5.41) is 10.6. The van der Waals surface area contributed by atoms with Crippen molar-refractivity contribution >= 4 is 48.8 Å². The predicted molar refractivity (Wildman–Crippen MR) is 79.3 cm³/mol. The van der Waals surface area contributed by atoms with E-state index in [9.17, 15) is 5.26 Å². The molecule has 1 aliphatic rings. The van der Waals surface area contributed by atoms with E-state index in [1.54, 1.807) is 11.3 Å². The zero-order valence-electron chi connectivity index (χ0n) is 10.0. The van der Waals surface area contributed by atoms with Crippen LogP contribution >= 0.6 is 43.8 Å². The molecule has 0 N–H and O–H groups in total. The lowest BCUT2D eigenvalue weighted by atomic mass is 10.0. The highest BCUT2D eigenvalue weighted by atomic mass is 35.5. The standard InChI is InChI=1S/C11H9ClN4S3/c1-16-3-2-6-7(4-13)10(17-8(6)5-16)14-11-9(12)15-19-18-11/h2-3,5H2,1H3/b14-11-. The minimum absolute atomic E-state index is 0.419. The van der Waals surface area contributed by atoms with Crippen LogP contribution in [0.15, 0.2) is 4.99 Å². The van der Waals surface area contributed by atoms with Gasteiger partial charge in [0, 0.05) is 28.5 Å². The molecule has 3 rings (SSSR count). The smallest absolute Gasteiger partial charge is 0.179 e. The second kappa shape index (κ2) is 5.31. The van der Waals surface area contributed by atoms with Gasteiger partial charge in [-0.25, -0.2) is 4.99 Å².